The van der Waals surface area contributed by atoms with E-state index in [9.17, 15) is 0 Å². The van der Waals surface area contributed by atoms with Crippen LogP contribution < -0.4 is 10.2 Å². The van der Waals surface area contributed by atoms with Gasteiger partial charge in [-0.2, -0.15) is 0 Å². The minimum Gasteiger partial charge on any atom is -0.351 e. The number of hydrogen-bond donors (Lipinski definition) is 1. The third-order valence-corrected chi connectivity index (χ3v) is 4.24. The van der Waals surface area contributed by atoms with Gasteiger partial charge in [0.15, 0.2) is 0 Å². The summed E-state index contributed by atoms with van der Waals surface area (Å²) in [4.78, 5) is 7.40. The first-order valence-electron chi connectivity index (χ1n) is 7.93. The first-order chi connectivity index (χ1) is 9.44. The molecule has 0 atom stereocenters. The number of aromatic nitrogens is 1. The summed E-state index contributed by atoms with van der Waals surface area (Å²) in [5.41, 5.74) is 2.79. The Bertz CT molecular complexity index is 452. The predicted molar refractivity (Wildman–Crippen MR) is 86.4 cm³/mol. The van der Waals surface area contributed by atoms with Crippen molar-refractivity contribution in [2.24, 2.45) is 0 Å². The van der Waals surface area contributed by atoms with Crippen LogP contribution in [0.5, 0.6) is 0 Å². The van der Waals surface area contributed by atoms with Crippen molar-refractivity contribution in [3.05, 3.63) is 23.4 Å². The molecule has 2 heterocycles. The van der Waals surface area contributed by atoms with Crippen molar-refractivity contribution in [3.8, 4) is 0 Å². The van der Waals surface area contributed by atoms with Gasteiger partial charge in [0, 0.05) is 24.3 Å². The first kappa shape index (κ1) is 15.3. The maximum atomic E-state index is 4.92. The van der Waals surface area contributed by atoms with Gasteiger partial charge in [-0.1, -0.05) is 20.8 Å². The number of hydrogen-bond acceptors (Lipinski definition) is 3. The summed E-state index contributed by atoms with van der Waals surface area (Å²) in [5.74, 6) is 1.63. The fourth-order valence-corrected chi connectivity index (χ4v) is 2.93. The molecule has 1 N–H and O–H groups in total. The lowest BCUT2D eigenvalue weighted by atomic mass is 10.0. The highest BCUT2D eigenvalue weighted by atomic mass is 15.3. The van der Waals surface area contributed by atoms with Crippen molar-refractivity contribution in [3.63, 3.8) is 0 Å². The Morgan fingerprint density at radius 1 is 1.35 bits per heavy atom. The zero-order valence-corrected chi connectivity index (χ0v) is 13.7. The largest absolute Gasteiger partial charge is 0.351 e. The van der Waals surface area contributed by atoms with Crippen molar-refractivity contribution >= 4 is 5.82 Å². The van der Waals surface area contributed by atoms with Gasteiger partial charge in [-0.3, -0.25) is 0 Å². The van der Waals surface area contributed by atoms with E-state index in [4.69, 9.17) is 4.98 Å². The molecule has 112 valence electrons. The average molecular weight is 275 g/mol. The molecule has 2 rings (SSSR count). The number of pyridine rings is 1. The lowest BCUT2D eigenvalue weighted by Crippen LogP contribution is -2.39. The SMILES string of the molecule is CCNCc1cc(C(C)C)nc(N2CCCC2(C)C)c1. The standard InChI is InChI=1S/C17H29N3/c1-6-18-12-14-10-15(13(2)3)19-16(11-14)20-9-7-8-17(20,4)5/h10-11,13,18H,6-9,12H2,1-5H3. The highest BCUT2D eigenvalue weighted by Gasteiger charge is 2.33. The van der Waals surface area contributed by atoms with E-state index in [2.05, 4.69) is 57.0 Å². The summed E-state index contributed by atoms with van der Waals surface area (Å²) in [7, 11) is 0. The Labute approximate surface area is 123 Å². The Hall–Kier alpha value is -1.09. The zero-order chi connectivity index (χ0) is 14.8. The van der Waals surface area contributed by atoms with E-state index in [0.29, 0.717) is 5.92 Å². The van der Waals surface area contributed by atoms with Crippen molar-refractivity contribution in [1.82, 2.24) is 10.3 Å². The van der Waals surface area contributed by atoms with Crippen LogP contribution in [0.2, 0.25) is 0 Å². The molecule has 0 unspecified atom stereocenters. The molecule has 1 saturated heterocycles. The van der Waals surface area contributed by atoms with Crippen LogP contribution in [0.4, 0.5) is 5.82 Å². The average Bonchev–Trinajstić information content (AvgIpc) is 2.75. The monoisotopic (exact) mass is 275 g/mol. The summed E-state index contributed by atoms with van der Waals surface area (Å²) in [6.07, 6.45) is 2.52. The van der Waals surface area contributed by atoms with E-state index in [-0.39, 0.29) is 5.54 Å². The molecule has 0 radical (unpaired) electrons. The summed E-state index contributed by atoms with van der Waals surface area (Å²) in [5, 5.41) is 3.42. The topological polar surface area (TPSA) is 28.2 Å². The second-order valence-electron chi connectivity index (χ2n) is 6.76. The van der Waals surface area contributed by atoms with E-state index in [1.54, 1.807) is 0 Å². The first-order valence-corrected chi connectivity index (χ1v) is 7.93. The van der Waals surface area contributed by atoms with Gasteiger partial charge in [0.05, 0.1) is 0 Å². The highest BCUT2D eigenvalue weighted by molar-refractivity contribution is 5.47. The molecule has 0 aliphatic carbocycles. The van der Waals surface area contributed by atoms with Crippen LogP contribution in [0.25, 0.3) is 0 Å². The molecule has 0 spiro atoms. The van der Waals surface area contributed by atoms with Crippen LogP contribution in [-0.2, 0) is 6.54 Å². The maximum Gasteiger partial charge on any atom is 0.129 e. The number of anilines is 1. The second kappa shape index (κ2) is 6.13. The van der Waals surface area contributed by atoms with Gasteiger partial charge >= 0.3 is 0 Å². The third kappa shape index (κ3) is 3.32. The molecule has 3 heteroatoms. The van der Waals surface area contributed by atoms with Crippen molar-refractivity contribution in [2.45, 2.75) is 65.5 Å². The normalized spacial score (nSPS) is 18.0. The van der Waals surface area contributed by atoms with Crippen LogP contribution in [0.3, 0.4) is 0 Å². The van der Waals surface area contributed by atoms with Gasteiger partial charge in [-0.15, -0.1) is 0 Å². The van der Waals surface area contributed by atoms with Crippen molar-refractivity contribution < 1.29 is 0 Å². The molecule has 1 fully saturated rings. The summed E-state index contributed by atoms with van der Waals surface area (Å²) < 4.78 is 0. The number of rotatable bonds is 5. The summed E-state index contributed by atoms with van der Waals surface area (Å²) in [6.45, 7) is 14.3. The van der Waals surface area contributed by atoms with Crippen molar-refractivity contribution in [1.29, 1.82) is 0 Å². The lowest BCUT2D eigenvalue weighted by molar-refractivity contribution is 0.513. The van der Waals surface area contributed by atoms with Crippen LogP contribution in [0.15, 0.2) is 12.1 Å². The van der Waals surface area contributed by atoms with Gasteiger partial charge in [-0.05, 0) is 56.8 Å². The van der Waals surface area contributed by atoms with Gasteiger partial charge in [0.1, 0.15) is 5.82 Å². The van der Waals surface area contributed by atoms with E-state index in [1.165, 1.54) is 24.1 Å². The minimum atomic E-state index is 0.234. The molecule has 1 aromatic heterocycles. The number of nitrogens with one attached hydrogen (secondary N) is 1. The van der Waals surface area contributed by atoms with Gasteiger partial charge in [0.2, 0.25) is 0 Å². The highest BCUT2D eigenvalue weighted by Crippen LogP contribution is 2.33. The molecule has 1 aliphatic heterocycles. The molecule has 0 amide bonds. The molecule has 0 saturated carbocycles. The molecule has 20 heavy (non-hydrogen) atoms. The minimum absolute atomic E-state index is 0.234. The number of nitrogens with zero attached hydrogens (tertiary/aromatic N) is 2. The van der Waals surface area contributed by atoms with E-state index in [0.717, 1.165) is 25.5 Å². The van der Waals surface area contributed by atoms with E-state index in [1.807, 2.05) is 0 Å². The molecule has 1 aliphatic rings. The second-order valence-corrected chi connectivity index (χ2v) is 6.76. The molecular formula is C17H29N3. The Kier molecular flexibility index (Phi) is 4.69. The summed E-state index contributed by atoms with van der Waals surface area (Å²) >= 11 is 0. The van der Waals surface area contributed by atoms with Crippen LogP contribution >= 0.6 is 0 Å². The van der Waals surface area contributed by atoms with Crippen LogP contribution in [-0.4, -0.2) is 23.6 Å². The Balaban J connectivity index is 2.33. The maximum absolute atomic E-state index is 4.92. The van der Waals surface area contributed by atoms with Crippen molar-refractivity contribution in [2.75, 3.05) is 18.0 Å². The lowest BCUT2D eigenvalue weighted by Gasteiger charge is -2.33. The zero-order valence-electron chi connectivity index (χ0n) is 13.7. The van der Waals surface area contributed by atoms with Gasteiger partial charge < -0.3 is 10.2 Å². The smallest absolute Gasteiger partial charge is 0.129 e. The van der Waals surface area contributed by atoms with Crippen LogP contribution in [0, 0.1) is 0 Å². The molecule has 3 nitrogen and oxygen atoms in total. The van der Waals surface area contributed by atoms with E-state index >= 15 is 0 Å². The fourth-order valence-electron chi connectivity index (χ4n) is 2.93. The van der Waals surface area contributed by atoms with Crippen LogP contribution in [0.1, 0.15) is 64.6 Å². The molecule has 0 bridgehead atoms. The third-order valence-electron chi connectivity index (χ3n) is 4.24. The summed E-state index contributed by atoms with van der Waals surface area (Å²) in [6, 6.07) is 4.52. The van der Waals surface area contributed by atoms with Gasteiger partial charge in [0.25, 0.3) is 0 Å². The van der Waals surface area contributed by atoms with Gasteiger partial charge in [-0.25, -0.2) is 4.98 Å². The fraction of sp³-hybridized carbons (Fsp3) is 0.706. The Morgan fingerprint density at radius 2 is 2.10 bits per heavy atom. The quantitative estimate of drug-likeness (QED) is 0.888. The molecule has 0 aromatic carbocycles. The molecular weight excluding hydrogens is 246 g/mol. The predicted octanol–water partition coefficient (Wildman–Crippen LogP) is 3.69. The molecule has 1 aromatic rings. The Morgan fingerprint density at radius 3 is 2.65 bits per heavy atom. The van der Waals surface area contributed by atoms with E-state index < -0.39 is 0 Å².